The fourth-order valence-electron chi connectivity index (χ4n) is 3.51. The van der Waals surface area contributed by atoms with Crippen LogP contribution in [0.4, 0.5) is 0 Å². The number of amidine groups is 1. The second kappa shape index (κ2) is 8.47. The minimum Gasteiger partial charge on any atom is -0.412 e. The number of nitrogens with zero attached hydrogens (tertiary/aromatic N) is 3. The van der Waals surface area contributed by atoms with Crippen molar-refractivity contribution in [3.63, 3.8) is 0 Å². The van der Waals surface area contributed by atoms with Gasteiger partial charge in [-0.15, -0.1) is 0 Å². The number of aryl methyl sites for hydroxylation is 1. The highest BCUT2D eigenvalue weighted by Crippen LogP contribution is 2.39. The third kappa shape index (κ3) is 5.00. The molecule has 2 rings (SSSR count). The summed E-state index contributed by atoms with van der Waals surface area (Å²) in [6.07, 6.45) is 0.350. The van der Waals surface area contributed by atoms with Gasteiger partial charge in [-0.3, -0.25) is 4.79 Å². The van der Waals surface area contributed by atoms with Crippen LogP contribution < -0.4 is 5.73 Å². The zero-order valence-electron chi connectivity index (χ0n) is 18.9. The minimum atomic E-state index is -2.03. The Morgan fingerprint density at radius 1 is 1.45 bits per heavy atom. The standard InChI is InChI=1S/C20H36N4O4Si/c1-12(2)17(16-9-13(3)23-27-16)19(25)24-11-14(10-15(24)18(21)22-26)28-29(7,8)20(4,5)6/h9,12,14-15,17,26H,10-11H2,1-8H3,(H2,21,22)/t14-,15+,17?/m1/s1. The van der Waals surface area contributed by atoms with E-state index < -0.39 is 20.3 Å². The Labute approximate surface area is 174 Å². The highest BCUT2D eigenvalue weighted by molar-refractivity contribution is 6.74. The number of rotatable bonds is 6. The summed E-state index contributed by atoms with van der Waals surface area (Å²) in [5, 5.41) is 16.4. The van der Waals surface area contributed by atoms with Crippen molar-refractivity contribution in [2.75, 3.05) is 6.54 Å². The number of nitrogens with two attached hydrogens (primary N) is 1. The molecule has 29 heavy (non-hydrogen) atoms. The van der Waals surface area contributed by atoms with Gasteiger partial charge in [0.1, 0.15) is 11.7 Å². The van der Waals surface area contributed by atoms with Gasteiger partial charge >= 0.3 is 0 Å². The molecule has 1 aromatic rings. The molecule has 0 aromatic carbocycles. The van der Waals surface area contributed by atoms with E-state index in [1.165, 1.54) is 0 Å². The topological polar surface area (TPSA) is 114 Å². The van der Waals surface area contributed by atoms with E-state index in [0.29, 0.717) is 18.7 Å². The van der Waals surface area contributed by atoms with Crippen LogP contribution in [-0.4, -0.2) is 54.0 Å². The van der Waals surface area contributed by atoms with Gasteiger partial charge < -0.3 is 24.8 Å². The number of carbonyl (C=O) groups is 1. The SMILES string of the molecule is Cc1cc(C(C(=O)N2C[C@H](O[Si](C)(C)C(C)(C)C)C[C@H]2/C(N)=N/O)C(C)C)on1. The van der Waals surface area contributed by atoms with Gasteiger partial charge in [-0.25, -0.2) is 0 Å². The van der Waals surface area contributed by atoms with Gasteiger partial charge in [0.2, 0.25) is 5.91 Å². The third-order valence-electron chi connectivity index (χ3n) is 6.16. The predicted molar refractivity (Wildman–Crippen MR) is 114 cm³/mol. The van der Waals surface area contributed by atoms with Crippen LogP contribution in [0.5, 0.6) is 0 Å². The molecule has 1 fully saturated rings. The molecule has 1 aliphatic heterocycles. The van der Waals surface area contributed by atoms with Crippen LogP contribution in [0.2, 0.25) is 18.1 Å². The van der Waals surface area contributed by atoms with Crippen LogP contribution in [0.3, 0.4) is 0 Å². The van der Waals surface area contributed by atoms with Crippen LogP contribution in [0.25, 0.3) is 0 Å². The van der Waals surface area contributed by atoms with Gasteiger partial charge in [0.15, 0.2) is 14.2 Å². The van der Waals surface area contributed by atoms with Gasteiger partial charge in [-0.1, -0.05) is 44.9 Å². The lowest BCUT2D eigenvalue weighted by molar-refractivity contribution is -0.134. The first-order chi connectivity index (χ1) is 13.3. The molecule has 1 aromatic heterocycles. The molecule has 164 valence electrons. The zero-order chi connectivity index (χ0) is 22.1. The molecule has 3 N–H and O–H groups in total. The second-order valence-electron chi connectivity index (χ2n) is 9.86. The molecule has 0 aliphatic carbocycles. The summed E-state index contributed by atoms with van der Waals surface area (Å²) in [5.74, 6) is -0.0421. The van der Waals surface area contributed by atoms with Gasteiger partial charge in [-0.2, -0.15) is 0 Å². The summed E-state index contributed by atoms with van der Waals surface area (Å²) < 4.78 is 11.9. The summed E-state index contributed by atoms with van der Waals surface area (Å²) in [6, 6.07) is 1.29. The van der Waals surface area contributed by atoms with Crippen molar-refractivity contribution in [2.45, 2.75) is 84.2 Å². The number of carbonyl (C=O) groups excluding carboxylic acids is 1. The van der Waals surface area contributed by atoms with Crippen LogP contribution in [0.1, 0.15) is 58.4 Å². The quantitative estimate of drug-likeness (QED) is 0.238. The van der Waals surface area contributed by atoms with E-state index >= 15 is 0 Å². The minimum absolute atomic E-state index is 0.00292. The van der Waals surface area contributed by atoms with E-state index in [1.54, 1.807) is 11.0 Å². The Hall–Kier alpha value is -1.87. The maximum atomic E-state index is 13.5. The van der Waals surface area contributed by atoms with E-state index in [9.17, 15) is 10.0 Å². The highest BCUT2D eigenvalue weighted by Gasteiger charge is 2.46. The monoisotopic (exact) mass is 424 g/mol. The molecule has 1 saturated heterocycles. The molecule has 9 heteroatoms. The smallest absolute Gasteiger partial charge is 0.234 e. The first kappa shape index (κ1) is 23.4. The lowest BCUT2D eigenvalue weighted by atomic mass is 9.91. The third-order valence-corrected chi connectivity index (χ3v) is 10.7. The molecule has 8 nitrogen and oxygen atoms in total. The molecule has 0 spiro atoms. The maximum absolute atomic E-state index is 13.5. The molecule has 1 amide bonds. The summed E-state index contributed by atoms with van der Waals surface area (Å²) in [4.78, 5) is 15.2. The van der Waals surface area contributed by atoms with Crippen LogP contribution in [-0.2, 0) is 9.22 Å². The Bertz CT molecular complexity index is 754. The normalized spacial score (nSPS) is 22.4. The van der Waals surface area contributed by atoms with E-state index in [4.69, 9.17) is 14.7 Å². The molecule has 0 saturated carbocycles. The van der Waals surface area contributed by atoms with E-state index in [1.807, 2.05) is 20.8 Å². The lowest BCUT2D eigenvalue weighted by Gasteiger charge is -2.38. The number of likely N-dealkylation sites (tertiary alicyclic amines) is 1. The largest absolute Gasteiger partial charge is 0.412 e. The van der Waals surface area contributed by atoms with Crippen LogP contribution >= 0.6 is 0 Å². The number of oxime groups is 1. The number of aromatic nitrogens is 1. The summed E-state index contributed by atoms with van der Waals surface area (Å²) >= 11 is 0. The van der Waals surface area contributed by atoms with Crippen molar-refractivity contribution in [1.82, 2.24) is 10.1 Å². The first-order valence-electron chi connectivity index (χ1n) is 10.2. The lowest BCUT2D eigenvalue weighted by Crippen LogP contribution is -2.47. The Morgan fingerprint density at radius 2 is 2.07 bits per heavy atom. The van der Waals surface area contributed by atoms with Gasteiger partial charge in [0, 0.05) is 19.0 Å². The van der Waals surface area contributed by atoms with E-state index in [-0.39, 0.29) is 28.8 Å². The number of hydrogen-bond donors (Lipinski definition) is 2. The Morgan fingerprint density at radius 3 is 2.52 bits per heavy atom. The van der Waals surface area contributed by atoms with Gasteiger partial charge in [0.05, 0.1) is 17.8 Å². The van der Waals surface area contributed by atoms with Crippen molar-refractivity contribution < 1.29 is 19.0 Å². The van der Waals surface area contributed by atoms with Crippen molar-refractivity contribution in [1.29, 1.82) is 0 Å². The Kier molecular flexibility index (Phi) is 6.84. The molecule has 1 unspecified atom stereocenters. The molecule has 1 aliphatic rings. The summed E-state index contributed by atoms with van der Waals surface area (Å²) in [5.41, 5.74) is 6.69. The molecular formula is C20H36N4O4Si. The van der Waals surface area contributed by atoms with Gasteiger partial charge in [-0.05, 0) is 31.0 Å². The van der Waals surface area contributed by atoms with E-state index in [2.05, 4.69) is 44.2 Å². The second-order valence-corrected chi connectivity index (χ2v) is 14.6. The fourth-order valence-corrected chi connectivity index (χ4v) is 4.87. The van der Waals surface area contributed by atoms with Crippen molar-refractivity contribution in [3.8, 4) is 0 Å². The average Bonchev–Trinajstić information content (AvgIpc) is 3.19. The average molecular weight is 425 g/mol. The van der Waals surface area contributed by atoms with Crippen LogP contribution in [0.15, 0.2) is 15.7 Å². The maximum Gasteiger partial charge on any atom is 0.234 e. The first-order valence-corrected chi connectivity index (χ1v) is 13.1. The predicted octanol–water partition coefficient (Wildman–Crippen LogP) is 3.46. The zero-order valence-corrected chi connectivity index (χ0v) is 19.9. The molecule has 3 atom stereocenters. The van der Waals surface area contributed by atoms with Crippen molar-refractivity contribution in [3.05, 3.63) is 17.5 Å². The molecule has 2 heterocycles. The Balaban J connectivity index is 2.31. The number of amides is 1. The molecule has 0 radical (unpaired) electrons. The van der Waals surface area contributed by atoms with Crippen molar-refractivity contribution >= 4 is 20.1 Å². The highest BCUT2D eigenvalue weighted by atomic mass is 28.4. The molecular weight excluding hydrogens is 388 g/mol. The van der Waals surface area contributed by atoms with Crippen molar-refractivity contribution in [2.24, 2.45) is 16.8 Å². The summed E-state index contributed by atoms with van der Waals surface area (Å²) in [6.45, 7) is 17.1. The van der Waals surface area contributed by atoms with Crippen LogP contribution in [0, 0.1) is 12.8 Å². The summed E-state index contributed by atoms with van der Waals surface area (Å²) in [7, 11) is -2.03. The van der Waals surface area contributed by atoms with E-state index in [0.717, 1.165) is 5.69 Å². The fraction of sp³-hybridized carbons (Fsp3) is 0.750. The number of hydrogen-bond acceptors (Lipinski definition) is 6. The van der Waals surface area contributed by atoms with Gasteiger partial charge in [0.25, 0.3) is 0 Å². The molecule has 0 bridgehead atoms.